The smallest absolute Gasteiger partial charge is 0.211 e. The number of aliphatic hydroxyl groups excluding tert-OH is 2. The Labute approximate surface area is 156 Å². The van der Waals surface area contributed by atoms with Crippen molar-refractivity contribution >= 4 is 5.78 Å². The second-order valence-corrected chi connectivity index (χ2v) is 7.22. The molecular formula is C20H22O7. The van der Waals surface area contributed by atoms with Gasteiger partial charge in [0.1, 0.15) is 23.4 Å². The summed E-state index contributed by atoms with van der Waals surface area (Å²) in [5.74, 6) is -1.58. The van der Waals surface area contributed by atoms with Crippen molar-refractivity contribution in [3.8, 4) is 17.2 Å². The van der Waals surface area contributed by atoms with Crippen molar-refractivity contribution in [2.75, 3.05) is 0 Å². The van der Waals surface area contributed by atoms with Crippen LogP contribution < -0.4 is 4.74 Å². The lowest BCUT2D eigenvalue weighted by Gasteiger charge is -2.32. The fourth-order valence-electron chi connectivity index (χ4n) is 3.05. The van der Waals surface area contributed by atoms with Crippen LogP contribution in [0.3, 0.4) is 0 Å². The number of rotatable bonds is 4. The van der Waals surface area contributed by atoms with Gasteiger partial charge in [-0.25, -0.2) is 0 Å². The molecule has 2 aromatic rings. The van der Waals surface area contributed by atoms with Gasteiger partial charge in [-0.2, -0.15) is 0 Å². The van der Waals surface area contributed by atoms with Crippen molar-refractivity contribution in [1.29, 1.82) is 0 Å². The molecular weight excluding hydrogens is 352 g/mol. The number of Topliss-reactive ketones (excluding diaryl/α,β-unsaturated/α-hetero) is 1. The average molecular weight is 374 g/mol. The van der Waals surface area contributed by atoms with Gasteiger partial charge in [-0.15, -0.1) is 0 Å². The molecule has 0 saturated heterocycles. The molecule has 0 amide bonds. The largest absolute Gasteiger partial charge is 0.507 e. The molecule has 0 saturated carbocycles. The van der Waals surface area contributed by atoms with Crippen LogP contribution in [0.4, 0.5) is 0 Å². The second kappa shape index (κ2) is 6.84. The Morgan fingerprint density at radius 3 is 2.37 bits per heavy atom. The van der Waals surface area contributed by atoms with Crippen LogP contribution in [0.2, 0.25) is 0 Å². The molecule has 0 aromatic heterocycles. The Kier molecular flexibility index (Phi) is 4.86. The van der Waals surface area contributed by atoms with Gasteiger partial charge >= 0.3 is 0 Å². The van der Waals surface area contributed by atoms with Crippen LogP contribution in [0, 0.1) is 0 Å². The second-order valence-electron chi connectivity index (χ2n) is 7.22. The first-order valence-corrected chi connectivity index (χ1v) is 8.52. The zero-order chi connectivity index (χ0) is 19.9. The quantitative estimate of drug-likeness (QED) is 0.549. The number of carbonyl (C=O) groups is 1. The molecule has 5 N–H and O–H groups in total. The molecule has 3 rings (SSSR count). The molecule has 0 bridgehead atoms. The molecule has 0 radical (unpaired) electrons. The van der Waals surface area contributed by atoms with E-state index < -0.39 is 35.4 Å². The number of aromatic hydroxyl groups is 2. The van der Waals surface area contributed by atoms with E-state index in [-0.39, 0.29) is 29.0 Å². The summed E-state index contributed by atoms with van der Waals surface area (Å²) in [5, 5.41) is 51.1. The third-order valence-electron chi connectivity index (χ3n) is 4.73. The lowest BCUT2D eigenvalue weighted by Crippen LogP contribution is -2.38. The zero-order valence-corrected chi connectivity index (χ0v) is 15.0. The summed E-state index contributed by atoms with van der Waals surface area (Å²) >= 11 is 0. The van der Waals surface area contributed by atoms with E-state index >= 15 is 0 Å². The van der Waals surface area contributed by atoms with Crippen LogP contribution in [0.15, 0.2) is 36.4 Å². The van der Waals surface area contributed by atoms with Crippen molar-refractivity contribution in [2.24, 2.45) is 0 Å². The number of ether oxygens (including phenoxy) is 1. The predicted molar refractivity (Wildman–Crippen MR) is 95.6 cm³/mol. The molecule has 1 aliphatic heterocycles. The number of fused-ring (bicyclic) bond motifs is 1. The van der Waals surface area contributed by atoms with Gasteiger partial charge in [0.2, 0.25) is 5.78 Å². The maximum Gasteiger partial charge on any atom is 0.211 e. The lowest BCUT2D eigenvalue weighted by atomic mass is 9.88. The predicted octanol–water partition coefficient (Wildman–Crippen LogP) is 1.51. The highest BCUT2D eigenvalue weighted by atomic mass is 16.5. The fourth-order valence-corrected chi connectivity index (χ4v) is 3.05. The monoisotopic (exact) mass is 374 g/mol. The fraction of sp³-hybridized carbons (Fsp3) is 0.350. The highest BCUT2D eigenvalue weighted by Gasteiger charge is 2.41. The summed E-state index contributed by atoms with van der Waals surface area (Å²) in [5.41, 5.74) is -1.03. The minimum Gasteiger partial charge on any atom is -0.507 e. The van der Waals surface area contributed by atoms with Crippen molar-refractivity contribution in [3.63, 3.8) is 0 Å². The molecule has 0 fully saturated rings. The standard InChI is InChI=1S/C20H22O7/c1-20(2,26)14(23)8-11-12(21)9-13(22)15-16(24)17(25)18(27-19(11)15)10-6-4-3-5-7-10/h3-7,9,14,16,18,21-24,26H,8H2,1-2H3. The zero-order valence-electron chi connectivity index (χ0n) is 15.0. The van der Waals surface area contributed by atoms with Crippen LogP contribution in [-0.4, -0.2) is 43.0 Å². The van der Waals surface area contributed by atoms with Gasteiger partial charge in [-0.1, -0.05) is 30.3 Å². The van der Waals surface area contributed by atoms with E-state index in [1.54, 1.807) is 30.3 Å². The molecule has 0 aliphatic carbocycles. The molecule has 2 aromatic carbocycles. The highest BCUT2D eigenvalue weighted by molar-refractivity contribution is 5.93. The van der Waals surface area contributed by atoms with Gasteiger partial charge < -0.3 is 30.3 Å². The summed E-state index contributed by atoms with van der Waals surface area (Å²) in [7, 11) is 0. The summed E-state index contributed by atoms with van der Waals surface area (Å²) in [6.45, 7) is 2.82. The number of hydrogen-bond donors (Lipinski definition) is 5. The van der Waals surface area contributed by atoms with Gasteiger partial charge in [0, 0.05) is 18.1 Å². The minimum atomic E-state index is -1.66. The van der Waals surface area contributed by atoms with Crippen LogP contribution in [0.25, 0.3) is 0 Å². The minimum absolute atomic E-state index is 0.0725. The summed E-state index contributed by atoms with van der Waals surface area (Å²) in [6.07, 6.45) is -4.25. The maximum absolute atomic E-state index is 12.6. The van der Waals surface area contributed by atoms with Crippen molar-refractivity contribution in [1.82, 2.24) is 0 Å². The van der Waals surface area contributed by atoms with E-state index in [4.69, 9.17) is 4.74 Å². The topological polar surface area (TPSA) is 127 Å². The normalized spacial score (nSPS) is 20.7. The first kappa shape index (κ1) is 19.2. The Bertz CT molecular complexity index is 855. The van der Waals surface area contributed by atoms with Gasteiger partial charge in [-0.05, 0) is 19.4 Å². The number of hydrogen-bond acceptors (Lipinski definition) is 7. The Morgan fingerprint density at radius 1 is 1.15 bits per heavy atom. The highest BCUT2D eigenvalue weighted by Crippen LogP contribution is 2.48. The van der Waals surface area contributed by atoms with Crippen molar-refractivity contribution < 1.29 is 35.1 Å². The van der Waals surface area contributed by atoms with Crippen LogP contribution in [0.5, 0.6) is 17.2 Å². The summed E-state index contributed by atoms with van der Waals surface area (Å²) in [4.78, 5) is 12.6. The van der Waals surface area contributed by atoms with Crippen LogP contribution >= 0.6 is 0 Å². The Balaban J connectivity index is 2.11. The molecule has 144 valence electrons. The maximum atomic E-state index is 12.6. The van der Waals surface area contributed by atoms with E-state index in [9.17, 15) is 30.3 Å². The van der Waals surface area contributed by atoms with E-state index in [1.165, 1.54) is 13.8 Å². The molecule has 0 spiro atoms. The van der Waals surface area contributed by atoms with E-state index in [2.05, 4.69) is 0 Å². The van der Waals surface area contributed by atoms with Crippen LogP contribution in [-0.2, 0) is 11.2 Å². The van der Waals surface area contributed by atoms with E-state index in [1.807, 2.05) is 0 Å². The van der Waals surface area contributed by atoms with Gasteiger partial charge in [-0.3, -0.25) is 4.79 Å². The summed E-state index contributed by atoms with van der Waals surface area (Å²) in [6, 6.07) is 9.50. The van der Waals surface area contributed by atoms with E-state index in [0.29, 0.717) is 5.56 Å². The van der Waals surface area contributed by atoms with Crippen molar-refractivity contribution in [3.05, 3.63) is 53.1 Å². The number of aliphatic hydroxyl groups is 3. The van der Waals surface area contributed by atoms with Gasteiger partial charge in [0.25, 0.3) is 0 Å². The number of benzene rings is 2. The molecule has 7 nitrogen and oxygen atoms in total. The molecule has 1 aliphatic rings. The SMILES string of the molecule is CC(C)(O)C(O)Cc1c(O)cc(O)c2c1OC(c1ccccc1)C(=O)C2O. The lowest BCUT2D eigenvalue weighted by molar-refractivity contribution is -0.137. The number of carbonyl (C=O) groups excluding carboxylic acids is 1. The molecule has 3 atom stereocenters. The van der Waals surface area contributed by atoms with Gasteiger partial charge in [0.15, 0.2) is 6.10 Å². The molecule has 27 heavy (non-hydrogen) atoms. The Hall–Kier alpha value is -2.61. The van der Waals surface area contributed by atoms with E-state index in [0.717, 1.165) is 6.07 Å². The molecule has 1 heterocycles. The van der Waals surface area contributed by atoms with Gasteiger partial charge in [0.05, 0.1) is 17.3 Å². The first-order valence-electron chi connectivity index (χ1n) is 8.52. The third kappa shape index (κ3) is 3.49. The first-order chi connectivity index (χ1) is 12.6. The molecule has 3 unspecified atom stereocenters. The van der Waals surface area contributed by atoms with Crippen LogP contribution in [0.1, 0.15) is 42.7 Å². The Morgan fingerprint density at radius 2 is 1.78 bits per heavy atom. The number of phenolic OH excluding ortho intramolecular Hbond substituents is 2. The number of phenols is 2. The number of ketones is 1. The van der Waals surface area contributed by atoms with Crippen molar-refractivity contribution in [2.45, 2.75) is 44.2 Å². The summed E-state index contributed by atoms with van der Waals surface area (Å²) < 4.78 is 5.78. The third-order valence-corrected chi connectivity index (χ3v) is 4.73. The molecule has 7 heteroatoms. The average Bonchev–Trinajstić information content (AvgIpc) is 2.60.